The highest BCUT2D eigenvalue weighted by molar-refractivity contribution is 6.42. The molecule has 0 atom stereocenters. The fraction of sp³-hybridized carbons (Fsp3) is 0.308. The number of benzene rings is 1. The molecule has 0 saturated heterocycles. The van der Waals surface area contributed by atoms with Gasteiger partial charge < -0.3 is 15.7 Å². The minimum absolute atomic E-state index is 0.105. The Hall–Kier alpha value is -1.10. The zero-order chi connectivity index (χ0) is 15.3. The fourth-order valence-corrected chi connectivity index (χ4v) is 2.36. The summed E-state index contributed by atoms with van der Waals surface area (Å²) in [6.07, 6.45) is 0. The summed E-state index contributed by atoms with van der Waals surface area (Å²) in [6, 6.07) is 2.68. The summed E-state index contributed by atoms with van der Waals surface area (Å²) >= 11 is 18.0. The van der Waals surface area contributed by atoms with E-state index in [2.05, 4.69) is 10.6 Å². The molecule has 0 spiro atoms. The Labute approximate surface area is 132 Å². The summed E-state index contributed by atoms with van der Waals surface area (Å²) in [5.41, 5.74) is 0.470. The number of aromatic hydroxyl groups is 1. The van der Waals surface area contributed by atoms with Crippen molar-refractivity contribution in [2.45, 2.75) is 13.8 Å². The smallest absolute Gasteiger partial charge is 0.254 e. The quantitative estimate of drug-likeness (QED) is 0.570. The second kappa shape index (κ2) is 7.62. The summed E-state index contributed by atoms with van der Waals surface area (Å²) < 4.78 is 0. The molecule has 0 aliphatic carbocycles. The van der Waals surface area contributed by atoms with E-state index in [1.54, 1.807) is 6.92 Å². The van der Waals surface area contributed by atoms with Crippen LogP contribution in [0.4, 0.5) is 0 Å². The van der Waals surface area contributed by atoms with E-state index in [4.69, 9.17) is 34.8 Å². The first-order valence-electron chi connectivity index (χ1n) is 6.02. The van der Waals surface area contributed by atoms with Gasteiger partial charge in [0, 0.05) is 18.7 Å². The highest BCUT2D eigenvalue weighted by Gasteiger charge is 2.20. The normalized spacial score (nSPS) is 11.8. The molecule has 0 unspecified atom stereocenters. The van der Waals surface area contributed by atoms with Crippen molar-refractivity contribution in [1.82, 2.24) is 10.6 Å². The first-order chi connectivity index (χ1) is 9.42. The number of hydrogen-bond acceptors (Lipinski definition) is 3. The average molecular weight is 338 g/mol. The Morgan fingerprint density at radius 3 is 2.30 bits per heavy atom. The molecular formula is C13H15Cl3N2O2. The largest absolute Gasteiger partial charge is 0.506 e. The Balaban J connectivity index is 3.42. The van der Waals surface area contributed by atoms with Gasteiger partial charge in [-0.05, 0) is 26.0 Å². The minimum atomic E-state index is -0.387. The summed E-state index contributed by atoms with van der Waals surface area (Å²) in [4.78, 5) is 12.1. The van der Waals surface area contributed by atoms with Crippen molar-refractivity contribution in [3.63, 3.8) is 0 Å². The lowest BCUT2D eigenvalue weighted by Crippen LogP contribution is -2.26. The molecule has 3 N–H and O–H groups in total. The van der Waals surface area contributed by atoms with Gasteiger partial charge in [-0.1, -0.05) is 34.8 Å². The third-order valence-corrected chi connectivity index (χ3v) is 3.36. The van der Waals surface area contributed by atoms with Gasteiger partial charge in [0.05, 0.1) is 15.6 Å². The number of nitrogens with one attached hydrogen (secondary N) is 2. The number of rotatable bonds is 5. The average Bonchev–Trinajstić information content (AvgIpc) is 2.36. The standard InChI is InChI=1S/C13H15Cl3N2O2/c1-3-17-12(16)11(13(20)18-4-2)7-5-10(19)9(15)6-8(7)14/h5-6,17,19H,3-4H2,1-2H3,(H,18,20)/b12-11-. The lowest BCUT2D eigenvalue weighted by molar-refractivity contribution is -0.115. The molecule has 1 rings (SSSR count). The van der Waals surface area contributed by atoms with Gasteiger partial charge >= 0.3 is 0 Å². The van der Waals surface area contributed by atoms with Crippen molar-refractivity contribution in [1.29, 1.82) is 0 Å². The maximum Gasteiger partial charge on any atom is 0.254 e. The molecule has 1 amide bonds. The number of carbonyl (C=O) groups excluding carboxylic acids is 1. The van der Waals surface area contributed by atoms with Crippen LogP contribution in [0.5, 0.6) is 5.75 Å². The van der Waals surface area contributed by atoms with E-state index < -0.39 is 0 Å². The molecule has 0 aliphatic heterocycles. The van der Waals surface area contributed by atoms with Gasteiger partial charge in [-0.2, -0.15) is 0 Å². The number of likely N-dealkylation sites (N-methyl/N-ethyl adjacent to an activating group) is 1. The molecule has 4 nitrogen and oxygen atoms in total. The van der Waals surface area contributed by atoms with Gasteiger partial charge in [-0.15, -0.1) is 0 Å². The molecule has 0 bridgehead atoms. The SMILES string of the molecule is CCNC(=O)/C(=C(/Cl)NCC)c1cc(O)c(Cl)cc1Cl. The van der Waals surface area contributed by atoms with Crippen molar-refractivity contribution < 1.29 is 9.90 Å². The fourth-order valence-electron chi connectivity index (χ4n) is 1.56. The Kier molecular flexibility index (Phi) is 6.46. The van der Waals surface area contributed by atoms with Gasteiger partial charge in [0.2, 0.25) is 0 Å². The topological polar surface area (TPSA) is 61.4 Å². The predicted octanol–water partition coefficient (Wildman–Crippen LogP) is 3.35. The molecule has 0 fully saturated rings. The van der Waals surface area contributed by atoms with E-state index in [9.17, 15) is 9.90 Å². The maximum atomic E-state index is 12.1. The van der Waals surface area contributed by atoms with E-state index in [1.807, 2.05) is 6.92 Å². The van der Waals surface area contributed by atoms with Crippen LogP contribution in [0.3, 0.4) is 0 Å². The van der Waals surface area contributed by atoms with Crippen molar-refractivity contribution in [3.8, 4) is 5.75 Å². The zero-order valence-corrected chi connectivity index (χ0v) is 13.3. The summed E-state index contributed by atoms with van der Waals surface area (Å²) in [5, 5.41) is 15.7. The minimum Gasteiger partial charge on any atom is -0.506 e. The number of carbonyl (C=O) groups is 1. The lowest BCUT2D eigenvalue weighted by Gasteiger charge is -2.14. The van der Waals surface area contributed by atoms with Crippen LogP contribution in [-0.2, 0) is 4.79 Å². The molecule has 0 aromatic heterocycles. The van der Waals surface area contributed by atoms with Gasteiger partial charge in [0.1, 0.15) is 10.9 Å². The van der Waals surface area contributed by atoms with Crippen LogP contribution in [0.1, 0.15) is 19.4 Å². The van der Waals surface area contributed by atoms with Crippen LogP contribution in [0.15, 0.2) is 17.3 Å². The zero-order valence-electron chi connectivity index (χ0n) is 11.1. The highest BCUT2D eigenvalue weighted by atomic mass is 35.5. The Morgan fingerprint density at radius 2 is 1.75 bits per heavy atom. The third kappa shape index (κ3) is 3.95. The van der Waals surface area contributed by atoms with Crippen LogP contribution in [0.25, 0.3) is 5.57 Å². The van der Waals surface area contributed by atoms with E-state index >= 15 is 0 Å². The van der Waals surface area contributed by atoms with Crippen LogP contribution in [0.2, 0.25) is 10.0 Å². The molecule has 1 aromatic carbocycles. The van der Waals surface area contributed by atoms with E-state index in [-0.39, 0.29) is 32.4 Å². The monoisotopic (exact) mass is 336 g/mol. The van der Waals surface area contributed by atoms with Crippen molar-refractivity contribution in [3.05, 3.63) is 32.9 Å². The van der Waals surface area contributed by atoms with E-state index in [0.29, 0.717) is 18.7 Å². The molecule has 110 valence electrons. The van der Waals surface area contributed by atoms with Crippen molar-refractivity contribution >= 4 is 46.3 Å². The predicted molar refractivity (Wildman–Crippen MR) is 83.3 cm³/mol. The van der Waals surface area contributed by atoms with Gasteiger partial charge in [0.25, 0.3) is 5.91 Å². The van der Waals surface area contributed by atoms with Crippen LogP contribution >= 0.6 is 34.8 Å². The van der Waals surface area contributed by atoms with Crippen LogP contribution < -0.4 is 10.6 Å². The maximum absolute atomic E-state index is 12.1. The molecular weight excluding hydrogens is 323 g/mol. The van der Waals surface area contributed by atoms with Crippen LogP contribution in [-0.4, -0.2) is 24.1 Å². The number of hydrogen-bond donors (Lipinski definition) is 3. The molecule has 1 aromatic rings. The summed E-state index contributed by atoms with van der Waals surface area (Å²) in [5.74, 6) is -0.559. The summed E-state index contributed by atoms with van der Waals surface area (Å²) in [6.45, 7) is 4.62. The van der Waals surface area contributed by atoms with Crippen molar-refractivity contribution in [2.75, 3.05) is 13.1 Å². The van der Waals surface area contributed by atoms with Gasteiger partial charge in [-0.25, -0.2) is 0 Å². The molecule has 0 saturated carbocycles. The molecule has 0 aliphatic rings. The Bertz CT molecular complexity index is 545. The second-order valence-electron chi connectivity index (χ2n) is 3.86. The molecule has 0 radical (unpaired) electrons. The van der Waals surface area contributed by atoms with Gasteiger partial charge in [-0.3, -0.25) is 4.79 Å². The first-order valence-corrected chi connectivity index (χ1v) is 7.15. The highest BCUT2D eigenvalue weighted by Crippen LogP contribution is 2.35. The van der Waals surface area contributed by atoms with Gasteiger partial charge in [0.15, 0.2) is 0 Å². The van der Waals surface area contributed by atoms with E-state index in [0.717, 1.165) is 0 Å². The number of phenols is 1. The second-order valence-corrected chi connectivity index (χ2v) is 5.05. The van der Waals surface area contributed by atoms with E-state index in [1.165, 1.54) is 12.1 Å². The number of phenolic OH excluding ortho intramolecular Hbond substituents is 1. The first kappa shape index (κ1) is 17.0. The summed E-state index contributed by atoms with van der Waals surface area (Å²) in [7, 11) is 0. The Morgan fingerprint density at radius 1 is 1.15 bits per heavy atom. The number of amides is 1. The van der Waals surface area contributed by atoms with Crippen LogP contribution in [0, 0.1) is 0 Å². The molecule has 0 heterocycles. The number of halogens is 3. The molecule has 7 heteroatoms. The van der Waals surface area contributed by atoms with Crippen molar-refractivity contribution in [2.24, 2.45) is 0 Å². The third-order valence-electron chi connectivity index (χ3n) is 2.42. The lowest BCUT2D eigenvalue weighted by atomic mass is 10.1. The molecule has 20 heavy (non-hydrogen) atoms.